The van der Waals surface area contributed by atoms with Crippen LogP contribution in [0.1, 0.15) is 18.3 Å². The van der Waals surface area contributed by atoms with Gasteiger partial charge in [0.1, 0.15) is 0 Å². The number of rotatable bonds is 5. The van der Waals surface area contributed by atoms with Crippen LogP contribution in [0.25, 0.3) is 0 Å². The average Bonchev–Trinajstić information content (AvgIpc) is 2.75. The second kappa shape index (κ2) is 7.34. The van der Waals surface area contributed by atoms with Gasteiger partial charge >= 0.3 is 0 Å². The molecule has 1 aromatic heterocycles. The number of halogens is 1. The zero-order valence-electron chi connectivity index (χ0n) is 11.6. The van der Waals surface area contributed by atoms with E-state index in [1.54, 1.807) is 31.3 Å². The lowest BCUT2D eigenvalue weighted by Gasteiger charge is -2.06. The second-order valence-corrected chi connectivity index (χ2v) is 3.97. The number of ether oxygens (including phenoxy) is 1. The maximum Gasteiger partial charge on any atom is 0.263 e. The Morgan fingerprint density at radius 2 is 2.24 bits per heavy atom. The van der Waals surface area contributed by atoms with Crippen molar-refractivity contribution in [3.63, 3.8) is 0 Å². The Labute approximate surface area is 128 Å². The molecule has 0 unspecified atom stereocenters. The summed E-state index contributed by atoms with van der Waals surface area (Å²) in [7, 11) is 0. The van der Waals surface area contributed by atoms with Crippen LogP contribution >= 0.6 is 12.4 Å². The van der Waals surface area contributed by atoms with Gasteiger partial charge in [-0.1, -0.05) is 0 Å². The molecule has 0 aliphatic carbocycles. The van der Waals surface area contributed by atoms with E-state index in [0.29, 0.717) is 24.1 Å². The number of hydrazone groups is 1. The van der Waals surface area contributed by atoms with E-state index < -0.39 is 0 Å². The number of phenols is 1. The lowest BCUT2D eigenvalue weighted by Crippen LogP contribution is -2.13. The molecule has 0 fully saturated rings. The largest absolute Gasteiger partial charge is 0.504 e. The van der Waals surface area contributed by atoms with Gasteiger partial charge in [-0.05, 0) is 37.6 Å². The molecule has 2 aromatic rings. The zero-order valence-corrected chi connectivity index (χ0v) is 12.5. The van der Waals surface area contributed by atoms with Gasteiger partial charge in [-0.3, -0.25) is 0 Å². The van der Waals surface area contributed by atoms with Crippen molar-refractivity contribution in [2.45, 2.75) is 13.8 Å². The second-order valence-electron chi connectivity index (χ2n) is 3.97. The SMILES string of the molecule is CCOc1cc(C=NNc2nnc(C)n2N)ccc1O.Cl. The summed E-state index contributed by atoms with van der Waals surface area (Å²) < 4.78 is 6.58. The van der Waals surface area contributed by atoms with E-state index in [1.807, 2.05) is 6.92 Å². The number of aromatic hydroxyl groups is 1. The summed E-state index contributed by atoms with van der Waals surface area (Å²) in [4.78, 5) is 0. The van der Waals surface area contributed by atoms with Gasteiger partial charge in [0.05, 0.1) is 12.8 Å². The molecule has 21 heavy (non-hydrogen) atoms. The van der Waals surface area contributed by atoms with Crippen molar-refractivity contribution in [2.75, 3.05) is 17.9 Å². The van der Waals surface area contributed by atoms with Crippen molar-refractivity contribution in [1.29, 1.82) is 0 Å². The number of nitrogens with one attached hydrogen (secondary N) is 1. The van der Waals surface area contributed by atoms with E-state index >= 15 is 0 Å². The smallest absolute Gasteiger partial charge is 0.263 e. The first-order valence-corrected chi connectivity index (χ1v) is 6.03. The number of nitrogens with zero attached hydrogens (tertiary/aromatic N) is 4. The standard InChI is InChI=1S/C12H16N6O2.ClH/c1-3-20-11-6-9(4-5-10(11)19)7-14-16-12-17-15-8(2)18(12)13;/h4-7,19H,3,13H2,1-2H3,(H,16,17);1H. The third kappa shape index (κ3) is 3.99. The summed E-state index contributed by atoms with van der Waals surface area (Å²) in [6, 6.07) is 4.94. The maximum absolute atomic E-state index is 9.59. The van der Waals surface area contributed by atoms with E-state index in [0.717, 1.165) is 5.56 Å². The van der Waals surface area contributed by atoms with Crippen LogP contribution in [0.5, 0.6) is 11.5 Å². The molecular weight excluding hydrogens is 296 g/mol. The van der Waals surface area contributed by atoms with Gasteiger partial charge in [-0.2, -0.15) is 5.10 Å². The summed E-state index contributed by atoms with van der Waals surface area (Å²) in [5.41, 5.74) is 3.44. The Morgan fingerprint density at radius 3 is 2.86 bits per heavy atom. The predicted octanol–water partition coefficient (Wildman–Crippen LogP) is 1.27. The van der Waals surface area contributed by atoms with Crippen LogP contribution in [0.4, 0.5) is 5.95 Å². The van der Waals surface area contributed by atoms with Gasteiger partial charge in [0.15, 0.2) is 17.3 Å². The van der Waals surface area contributed by atoms with Crippen LogP contribution in [0.2, 0.25) is 0 Å². The molecule has 114 valence electrons. The highest BCUT2D eigenvalue weighted by atomic mass is 35.5. The molecule has 0 saturated carbocycles. The first-order chi connectivity index (χ1) is 9.61. The summed E-state index contributed by atoms with van der Waals surface area (Å²) in [5.74, 6) is 7.08. The molecule has 0 saturated heterocycles. The van der Waals surface area contributed by atoms with E-state index in [1.165, 1.54) is 4.68 Å². The fourth-order valence-electron chi connectivity index (χ4n) is 1.49. The van der Waals surface area contributed by atoms with Crippen LogP contribution in [0.3, 0.4) is 0 Å². The van der Waals surface area contributed by atoms with E-state index in [9.17, 15) is 5.11 Å². The molecule has 8 nitrogen and oxygen atoms in total. The minimum Gasteiger partial charge on any atom is -0.504 e. The first kappa shape index (κ1) is 16.6. The molecule has 9 heteroatoms. The molecule has 1 heterocycles. The fraction of sp³-hybridized carbons (Fsp3) is 0.250. The molecule has 1 aromatic carbocycles. The molecule has 0 aliphatic heterocycles. The van der Waals surface area contributed by atoms with Crippen LogP contribution in [-0.2, 0) is 0 Å². The lowest BCUT2D eigenvalue weighted by atomic mass is 10.2. The van der Waals surface area contributed by atoms with Gasteiger partial charge in [0, 0.05) is 0 Å². The lowest BCUT2D eigenvalue weighted by molar-refractivity contribution is 0.318. The van der Waals surface area contributed by atoms with Crippen molar-refractivity contribution in [1.82, 2.24) is 14.9 Å². The van der Waals surface area contributed by atoms with Crippen molar-refractivity contribution in [3.05, 3.63) is 29.6 Å². The molecule has 4 N–H and O–H groups in total. The Bertz CT molecular complexity index is 628. The summed E-state index contributed by atoms with van der Waals surface area (Å²) in [5, 5.41) is 21.2. The van der Waals surface area contributed by atoms with E-state index in [-0.39, 0.29) is 18.2 Å². The molecule has 0 aliphatic rings. The monoisotopic (exact) mass is 312 g/mol. The Morgan fingerprint density at radius 1 is 1.48 bits per heavy atom. The number of aryl methyl sites for hydroxylation is 1. The minimum absolute atomic E-state index is 0. The molecule has 0 bridgehead atoms. The summed E-state index contributed by atoms with van der Waals surface area (Å²) in [6.07, 6.45) is 1.56. The highest BCUT2D eigenvalue weighted by molar-refractivity contribution is 5.85. The quantitative estimate of drug-likeness (QED) is 0.435. The first-order valence-electron chi connectivity index (χ1n) is 6.03. The summed E-state index contributed by atoms with van der Waals surface area (Å²) in [6.45, 7) is 4.05. The predicted molar refractivity (Wildman–Crippen MR) is 82.6 cm³/mol. The Balaban J connectivity index is 0.00000220. The average molecular weight is 313 g/mol. The normalized spacial score (nSPS) is 10.4. The number of phenolic OH excluding ortho intramolecular Hbond substituents is 1. The molecule has 0 amide bonds. The number of hydrogen-bond acceptors (Lipinski definition) is 7. The number of benzene rings is 1. The molecule has 0 atom stereocenters. The maximum atomic E-state index is 9.59. The minimum atomic E-state index is 0. The topological polar surface area (TPSA) is 111 Å². The number of nitrogens with two attached hydrogens (primary N) is 1. The van der Waals surface area contributed by atoms with E-state index in [2.05, 4.69) is 20.7 Å². The van der Waals surface area contributed by atoms with Crippen molar-refractivity contribution >= 4 is 24.6 Å². The highest BCUT2D eigenvalue weighted by Gasteiger charge is 2.04. The number of anilines is 1. The van der Waals surface area contributed by atoms with Gasteiger partial charge in [-0.15, -0.1) is 22.6 Å². The third-order valence-electron chi connectivity index (χ3n) is 2.53. The van der Waals surface area contributed by atoms with Crippen LogP contribution in [0, 0.1) is 6.92 Å². The Kier molecular flexibility index (Phi) is 5.79. The number of hydrogen-bond donors (Lipinski definition) is 3. The van der Waals surface area contributed by atoms with Gasteiger partial charge in [0.25, 0.3) is 5.95 Å². The van der Waals surface area contributed by atoms with Crippen LogP contribution < -0.4 is 16.0 Å². The van der Waals surface area contributed by atoms with E-state index in [4.69, 9.17) is 10.6 Å². The molecular formula is C12H17ClN6O2. The van der Waals surface area contributed by atoms with Crippen molar-refractivity contribution in [3.8, 4) is 11.5 Å². The number of nitrogen functional groups attached to an aromatic ring is 1. The van der Waals surface area contributed by atoms with Crippen molar-refractivity contribution < 1.29 is 9.84 Å². The molecule has 2 rings (SSSR count). The third-order valence-corrected chi connectivity index (χ3v) is 2.53. The zero-order chi connectivity index (χ0) is 14.5. The van der Waals surface area contributed by atoms with Crippen LogP contribution in [-0.4, -0.2) is 32.8 Å². The fourth-order valence-corrected chi connectivity index (χ4v) is 1.49. The van der Waals surface area contributed by atoms with Gasteiger partial charge in [0.2, 0.25) is 0 Å². The van der Waals surface area contributed by atoms with Crippen molar-refractivity contribution in [2.24, 2.45) is 5.10 Å². The van der Waals surface area contributed by atoms with Gasteiger partial charge < -0.3 is 15.7 Å². The summed E-state index contributed by atoms with van der Waals surface area (Å²) >= 11 is 0. The highest BCUT2D eigenvalue weighted by Crippen LogP contribution is 2.26. The number of aromatic nitrogens is 3. The van der Waals surface area contributed by atoms with Crippen LogP contribution in [0.15, 0.2) is 23.3 Å². The van der Waals surface area contributed by atoms with Gasteiger partial charge in [-0.25, -0.2) is 10.1 Å². The Hall–Kier alpha value is -2.48. The molecule has 0 radical (unpaired) electrons. The molecule has 0 spiro atoms.